The lowest BCUT2D eigenvalue weighted by molar-refractivity contribution is 0.0946. The number of rotatable bonds is 7. The van der Waals surface area contributed by atoms with Crippen molar-refractivity contribution in [1.82, 2.24) is 34.9 Å². The summed E-state index contributed by atoms with van der Waals surface area (Å²) in [6, 6.07) is 5.95. The normalized spacial score (nSPS) is 15.9. The predicted molar refractivity (Wildman–Crippen MR) is 138 cm³/mol. The molecule has 1 saturated heterocycles. The number of aromatic nitrogens is 5. The lowest BCUT2D eigenvalue weighted by Crippen LogP contribution is -2.36. The number of hydrogen-bond acceptors (Lipinski definition) is 6. The molecule has 10 heteroatoms. The minimum Gasteiger partial charge on any atom is -0.351 e. The van der Waals surface area contributed by atoms with Crippen LogP contribution in [0.3, 0.4) is 0 Å². The second-order valence-corrected chi connectivity index (χ2v) is 9.34. The van der Waals surface area contributed by atoms with Crippen molar-refractivity contribution in [3.8, 4) is 11.3 Å². The number of nitrogens with one attached hydrogen (secondary N) is 3. The highest BCUT2D eigenvalue weighted by atomic mass is 16.2. The van der Waals surface area contributed by atoms with Crippen LogP contribution >= 0.6 is 0 Å². The quantitative estimate of drug-likeness (QED) is 0.369. The predicted octanol–water partition coefficient (Wildman–Crippen LogP) is 3.13. The molecule has 186 valence electrons. The molecular weight excluding hydrogens is 456 g/mol. The average molecular weight is 487 g/mol. The lowest BCUT2D eigenvalue weighted by atomic mass is 10.1. The molecule has 0 unspecified atom stereocenters. The van der Waals surface area contributed by atoms with Gasteiger partial charge in [-0.25, -0.2) is 4.98 Å². The second kappa shape index (κ2) is 9.90. The first-order chi connectivity index (χ1) is 17.4. The molecule has 0 spiro atoms. The number of fused-ring (bicyclic) bond motifs is 1. The van der Waals surface area contributed by atoms with Crippen LogP contribution in [0, 0.1) is 6.92 Å². The summed E-state index contributed by atoms with van der Waals surface area (Å²) in [5.74, 6) is -0.526. The van der Waals surface area contributed by atoms with E-state index in [2.05, 4.69) is 42.5 Å². The molecule has 4 aromatic rings. The highest BCUT2D eigenvalue weighted by Crippen LogP contribution is 2.24. The van der Waals surface area contributed by atoms with Crippen molar-refractivity contribution < 1.29 is 9.59 Å². The highest BCUT2D eigenvalue weighted by Gasteiger charge is 2.20. The van der Waals surface area contributed by atoms with Gasteiger partial charge in [0.1, 0.15) is 5.65 Å². The molecule has 1 fully saturated rings. The minimum absolute atomic E-state index is 0.205. The monoisotopic (exact) mass is 486 g/mol. The van der Waals surface area contributed by atoms with E-state index in [4.69, 9.17) is 0 Å². The van der Waals surface area contributed by atoms with Gasteiger partial charge in [0.25, 0.3) is 11.8 Å². The molecule has 0 aromatic carbocycles. The maximum atomic E-state index is 13.0. The van der Waals surface area contributed by atoms with Gasteiger partial charge in [-0.1, -0.05) is 0 Å². The van der Waals surface area contributed by atoms with Crippen molar-refractivity contribution in [3.63, 3.8) is 0 Å². The van der Waals surface area contributed by atoms with Crippen LogP contribution in [-0.2, 0) is 7.05 Å². The molecule has 2 amide bonds. The van der Waals surface area contributed by atoms with Crippen molar-refractivity contribution in [3.05, 3.63) is 59.8 Å². The maximum absolute atomic E-state index is 13.0. The Morgan fingerprint density at radius 2 is 1.92 bits per heavy atom. The Hall–Kier alpha value is -4.05. The Bertz CT molecular complexity index is 1420. The molecule has 0 radical (unpaired) electrons. The van der Waals surface area contributed by atoms with Crippen LogP contribution in [0.5, 0.6) is 0 Å². The highest BCUT2D eigenvalue weighted by molar-refractivity contribution is 6.06. The molecular formula is C26H30N8O2. The van der Waals surface area contributed by atoms with E-state index >= 15 is 0 Å². The van der Waals surface area contributed by atoms with Gasteiger partial charge >= 0.3 is 0 Å². The molecule has 1 atom stereocenters. The molecule has 3 N–H and O–H groups in total. The van der Waals surface area contributed by atoms with E-state index in [1.165, 1.54) is 25.2 Å². The largest absolute Gasteiger partial charge is 0.351 e. The maximum Gasteiger partial charge on any atom is 0.257 e. The van der Waals surface area contributed by atoms with Gasteiger partial charge in [-0.15, -0.1) is 0 Å². The average Bonchev–Trinajstić information content (AvgIpc) is 3.59. The van der Waals surface area contributed by atoms with Crippen molar-refractivity contribution in [2.75, 3.05) is 25.0 Å². The van der Waals surface area contributed by atoms with Gasteiger partial charge in [0.2, 0.25) is 0 Å². The lowest BCUT2D eigenvalue weighted by Gasteiger charge is -2.20. The van der Waals surface area contributed by atoms with E-state index in [0.717, 1.165) is 29.7 Å². The number of carbonyl (C=O) groups is 2. The fraction of sp³-hybridized carbons (Fsp3) is 0.346. The van der Waals surface area contributed by atoms with Crippen LogP contribution in [0.25, 0.3) is 22.3 Å². The van der Waals surface area contributed by atoms with Gasteiger partial charge in [0.15, 0.2) is 0 Å². The summed E-state index contributed by atoms with van der Waals surface area (Å²) in [6.07, 6.45) is 9.15. The number of amides is 2. The number of likely N-dealkylation sites (tertiary alicyclic amines) is 1. The van der Waals surface area contributed by atoms with Gasteiger partial charge in [0.05, 0.1) is 34.4 Å². The Labute approximate surface area is 209 Å². The summed E-state index contributed by atoms with van der Waals surface area (Å²) in [5, 5.41) is 10.9. The van der Waals surface area contributed by atoms with Crippen molar-refractivity contribution in [1.29, 1.82) is 0 Å². The number of nitrogens with zero attached hydrogens (tertiary/aromatic N) is 5. The van der Waals surface area contributed by atoms with Crippen molar-refractivity contribution in [2.24, 2.45) is 7.05 Å². The molecule has 4 aromatic heterocycles. The van der Waals surface area contributed by atoms with Crippen LogP contribution in [0.1, 0.15) is 46.2 Å². The molecule has 5 heterocycles. The van der Waals surface area contributed by atoms with E-state index in [1.807, 2.05) is 19.3 Å². The minimum atomic E-state index is -0.320. The van der Waals surface area contributed by atoms with Gasteiger partial charge in [-0.2, -0.15) is 5.10 Å². The van der Waals surface area contributed by atoms with E-state index in [1.54, 1.807) is 29.9 Å². The fourth-order valence-corrected chi connectivity index (χ4v) is 4.57. The first-order valence-electron chi connectivity index (χ1n) is 12.2. The topological polar surface area (TPSA) is 121 Å². The van der Waals surface area contributed by atoms with Crippen molar-refractivity contribution in [2.45, 2.75) is 32.7 Å². The molecule has 1 aliphatic heterocycles. The van der Waals surface area contributed by atoms with Crippen LogP contribution < -0.4 is 10.6 Å². The molecule has 0 saturated carbocycles. The number of hydrogen-bond donors (Lipinski definition) is 3. The van der Waals surface area contributed by atoms with Crippen LogP contribution in [-0.4, -0.2) is 67.1 Å². The molecule has 0 aliphatic carbocycles. The summed E-state index contributed by atoms with van der Waals surface area (Å²) < 4.78 is 1.73. The number of H-pyrrole nitrogens is 1. The van der Waals surface area contributed by atoms with E-state index in [9.17, 15) is 9.59 Å². The Morgan fingerprint density at radius 3 is 2.67 bits per heavy atom. The van der Waals surface area contributed by atoms with Gasteiger partial charge < -0.3 is 15.6 Å². The second-order valence-electron chi connectivity index (χ2n) is 9.34. The number of carbonyl (C=O) groups excluding carboxylic acids is 2. The first kappa shape index (κ1) is 23.7. The Kier molecular flexibility index (Phi) is 6.51. The third kappa shape index (κ3) is 4.99. The smallest absolute Gasteiger partial charge is 0.257 e. The third-order valence-electron chi connectivity index (χ3n) is 6.72. The molecule has 0 bridgehead atoms. The number of aryl methyl sites for hydroxylation is 2. The van der Waals surface area contributed by atoms with E-state index in [-0.39, 0.29) is 11.8 Å². The molecule has 10 nitrogen and oxygen atoms in total. The summed E-state index contributed by atoms with van der Waals surface area (Å²) in [4.78, 5) is 40.1. The Balaban J connectivity index is 1.26. The van der Waals surface area contributed by atoms with Gasteiger partial charge in [0, 0.05) is 55.7 Å². The van der Waals surface area contributed by atoms with Crippen LogP contribution in [0.15, 0.2) is 43.0 Å². The van der Waals surface area contributed by atoms with Crippen LogP contribution in [0.2, 0.25) is 0 Å². The van der Waals surface area contributed by atoms with Gasteiger partial charge in [-0.05, 0) is 51.4 Å². The van der Waals surface area contributed by atoms with Crippen molar-refractivity contribution >= 4 is 28.5 Å². The molecule has 36 heavy (non-hydrogen) atoms. The first-order valence-corrected chi connectivity index (χ1v) is 12.2. The van der Waals surface area contributed by atoms with Gasteiger partial charge in [-0.3, -0.25) is 24.2 Å². The standard InChI is InChI=1S/C26H30N8O2/c1-16-5-4-7-34(16)8-6-27-25(35)20-11-22(17(2)28-12-20)32-26(36)19-9-18-10-23(31-24(18)29-13-19)21-14-30-33(3)15-21/h9-16H,4-8H2,1-3H3,(H,27,35)(H,29,31)(H,32,36)/t16-/m0/s1. The zero-order valence-electron chi connectivity index (χ0n) is 20.7. The summed E-state index contributed by atoms with van der Waals surface area (Å²) >= 11 is 0. The van der Waals surface area contributed by atoms with Crippen LogP contribution in [0.4, 0.5) is 5.69 Å². The number of pyridine rings is 2. The molecule has 5 rings (SSSR count). The summed E-state index contributed by atoms with van der Waals surface area (Å²) in [7, 11) is 1.86. The number of aromatic amines is 1. The fourth-order valence-electron chi connectivity index (χ4n) is 4.57. The summed E-state index contributed by atoms with van der Waals surface area (Å²) in [6.45, 7) is 6.49. The summed E-state index contributed by atoms with van der Waals surface area (Å²) in [5.41, 5.74) is 4.44. The SMILES string of the molecule is Cc1ncc(C(=O)NCCN2CCC[C@@H]2C)cc1NC(=O)c1cnc2[nH]c(-c3cnn(C)c3)cc2c1. The third-order valence-corrected chi connectivity index (χ3v) is 6.72. The zero-order valence-corrected chi connectivity index (χ0v) is 20.7. The Morgan fingerprint density at radius 1 is 1.11 bits per heavy atom. The van der Waals surface area contributed by atoms with E-state index < -0.39 is 0 Å². The molecule has 1 aliphatic rings. The zero-order chi connectivity index (χ0) is 25.2. The number of anilines is 1. The van der Waals surface area contributed by atoms with E-state index in [0.29, 0.717) is 40.7 Å².